The van der Waals surface area contributed by atoms with Crippen molar-refractivity contribution in [2.75, 3.05) is 0 Å². The summed E-state index contributed by atoms with van der Waals surface area (Å²) in [5.41, 5.74) is 2.51. The summed E-state index contributed by atoms with van der Waals surface area (Å²) in [5.74, 6) is 0.764. The summed E-state index contributed by atoms with van der Waals surface area (Å²) in [6.07, 6.45) is 2.58. The zero-order valence-electron chi connectivity index (χ0n) is 8.22. The van der Waals surface area contributed by atoms with Gasteiger partial charge in [0.1, 0.15) is 5.52 Å². The van der Waals surface area contributed by atoms with Crippen LogP contribution in [0.15, 0.2) is 18.2 Å². The molecule has 0 aliphatic heterocycles. The van der Waals surface area contributed by atoms with Crippen molar-refractivity contribution in [2.24, 2.45) is 5.92 Å². The van der Waals surface area contributed by atoms with Crippen molar-refractivity contribution in [3.8, 4) is 6.07 Å². The van der Waals surface area contributed by atoms with Gasteiger partial charge in [-0.05, 0) is 37.0 Å². The quantitative estimate of drug-likeness (QED) is 0.738. The van der Waals surface area contributed by atoms with E-state index >= 15 is 0 Å². The highest BCUT2D eigenvalue weighted by Gasteiger charge is 2.23. The standard InChI is InChI=1S/C11H10N4/c12-6-9-3-4-10-11(5-9)15(14-13-10)7-8-1-2-8/h3-5,8H,1-2,7H2. The molecule has 0 atom stereocenters. The van der Waals surface area contributed by atoms with Gasteiger partial charge < -0.3 is 0 Å². The van der Waals surface area contributed by atoms with Crippen LogP contribution in [-0.2, 0) is 6.54 Å². The average Bonchev–Trinajstić information content (AvgIpc) is 3.00. The lowest BCUT2D eigenvalue weighted by Gasteiger charge is -1.99. The fourth-order valence-corrected chi connectivity index (χ4v) is 1.71. The lowest BCUT2D eigenvalue weighted by molar-refractivity contribution is 0.559. The minimum absolute atomic E-state index is 0.668. The maximum atomic E-state index is 8.82. The molecule has 4 heteroatoms. The van der Waals surface area contributed by atoms with Gasteiger partial charge >= 0.3 is 0 Å². The Bertz CT molecular complexity index is 545. The second-order valence-electron chi connectivity index (χ2n) is 4.03. The van der Waals surface area contributed by atoms with Gasteiger partial charge in [-0.2, -0.15) is 5.26 Å². The number of hydrogen-bond acceptors (Lipinski definition) is 3. The van der Waals surface area contributed by atoms with Gasteiger partial charge in [0.05, 0.1) is 17.1 Å². The molecule has 0 N–H and O–H groups in total. The van der Waals surface area contributed by atoms with E-state index in [1.165, 1.54) is 12.8 Å². The predicted octanol–water partition coefficient (Wildman–Crippen LogP) is 1.71. The van der Waals surface area contributed by atoms with E-state index < -0.39 is 0 Å². The third kappa shape index (κ3) is 1.46. The van der Waals surface area contributed by atoms with Crippen LogP contribution in [0, 0.1) is 17.2 Å². The highest BCUT2D eigenvalue weighted by molar-refractivity contribution is 5.75. The Balaban J connectivity index is 2.09. The van der Waals surface area contributed by atoms with Crippen molar-refractivity contribution in [2.45, 2.75) is 19.4 Å². The molecule has 1 fully saturated rings. The summed E-state index contributed by atoms with van der Waals surface area (Å²) in [7, 11) is 0. The molecule has 2 aromatic rings. The van der Waals surface area contributed by atoms with E-state index in [1.807, 2.05) is 16.8 Å². The third-order valence-corrected chi connectivity index (χ3v) is 2.77. The zero-order valence-corrected chi connectivity index (χ0v) is 8.22. The van der Waals surface area contributed by atoms with Crippen LogP contribution in [0.5, 0.6) is 0 Å². The Labute approximate surface area is 87.1 Å². The van der Waals surface area contributed by atoms with Gasteiger partial charge in [-0.1, -0.05) is 5.21 Å². The van der Waals surface area contributed by atoms with Crippen molar-refractivity contribution in [1.82, 2.24) is 15.0 Å². The molecule has 1 aliphatic carbocycles. The highest BCUT2D eigenvalue weighted by Crippen LogP contribution is 2.31. The first-order chi connectivity index (χ1) is 7.36. The number of hydrogen-bond donors (Lipinski definition) is 0. The summed E-state index contributed by atoms with van der Waals surface area (Å²) in [6, 6.07) is 7.62. The summed E-state index contributed by atoms with van der Waals surface area (Å²) in [5, 5.41) is 17.0. The van der Waals surface area contributed by atoms with Crippen molar-refractivity contribution in [3.63, 3.8) is 0 Å². The Morgan fingerprint density at radius 2 is 2.33 bits per heavy atom. The van der Waals surface area contributed by atoms with E-state index in [1.54, 1.807) is 6.07 Å². The number of nitrogens with zero attached hydrogens (tertiary/aromatic N) is 4. The molecule has 0 spiro atoms. The second kappa shape index (κ2) is 3.06. The van der Waals surface area contributed by atoms with Crippen LogP contribution in [0.1, 0.15) is 18.4 Å². The Hall–Kier alpha value is -1.89. The summed E-state index contributed by atoms with van der Waals surface area (Å²) in [6.45, 7) is 0.936. The van der Waals surface area contributed by atoms with Gasteiger partial charge in [0.25, 0.3) is 0 Å². The predicted molar refractivity (Wildman–Crippen MR) is 55.0 cm³/mol. The van der Waals surface area contributed by atoms with Crippen LogP contribution in [-0.4, -0.2) is 15.0 Å². The average molecular weight is 198 g/mol. The van der Waals surface area contributed by atoms with E-state index in [0.29, 0.717) is 5.56 Å². The number of nitriles is 1. The number of fused-ring (bicyclic) bond motifs is 1. The zero-order chi connectivity index (χ0) is 10.3. The first-order valence-corrected chi connectivity index (χ1v) is 5.10. The molecule has 1 aromatic heterocycles. The molecule has 0 radical (unpaired) electrons. The van der Waals surface area contributed by atoms with Crippen LogP contribution in [0.4, 0.5) is 0 Å². The van der Waals surface area contributed by atoms with Crippen LogP contribution in [0.3, 0.4) is 0 Å². The maximum Gasteiger partial charge on any atom is 0.113 e. The molecule has 0 unspecified atom stereocenters. The minimum Gasteiger partial charge on any atom is -0.244 e. The number of benzene rings is 1. The van der Waals surface area contributed by atoms with Crippen molar-refractivity contribution < 1.29 is 0 Å². The monoisotopic (exact) mass is 198 g/mol. The number of aromatic nitrogens is 3. The molecule has 0 bridgehead atoms. The smallest absolute Gasteiger partial charge is 0.113 e. The van der Waals surface area contributed by atoms with E-state index in [2.05, 4.69) is 16.4 Å². The number of rotatable bonds is 2. The molecule has 4 nitrogen and oxygen atoms in total. The van der Waals surface area contributed by atoms with Gasteiger partial charge in [-0.15, -0.1) is 5.10 Å². The van der Waals surface area contributed by atoms with Gasteiger partial charge in [-0.3, -0.25) is 0 Å². The van der Waals surface area contributed by atoms with Crippen molar-refractivity contribution in [1.29, 1.82) is 5.26 Å². The molecule has 3 rings (SSSR count). The molecular weight excluding hydrogens is 188 g/mol. The fraction of sp³-hybridized carbons (Fsp3) is 0.364. The van der Waals surface area contributed by atoms with Crippen LogP contribution < -0.4 is 0 Å². The molecule has 0 amide bonds. The van der Waals surface area contributed by atoms with E-state index in [9.17, 15) is 0 Å². The SMILES string of the molecule is N#Cc1ccc2nnn(CC3CC3)c2c1. The van der Waals surface area contributed by atoms with Gasteiger partial charge in [0.15, 0.2) is 0 Å². The summed E-state index contributed by atoms with van der Waals surface area (Å²) in [4.78, 5) is 0. The molecule has 0 saturated heterocycles. The van der Waals surface area contributed by atoms with Crippen LogP contribution >= 0.6 is 0 Å². The van der Waals surface area contributed by atoms with Crippen molar-refractivity contribution >= 4 is 11.0 Å². The molecular formula is C11H10N4. The fourth-order valence-electron chi connectivity index (χ4n) is 1.71. The first kappa shape index (κ1) is 8.42. The lowest BCUT2D eigenvalue weighted by atomic mass is 10.2. The third-order valence-electron chi connectivity index (χ3n) is 2.77. The Morgan fingerprint density at radius 3 is 3.07 bits per heavy atom. The second-order valence-corrected chi connectivity index (χ2v) is 4.03. The molecule has 15 heavy (non-hydrogen) atoms. The van der Waals surface area contributed by atoms with Crippen LogP contribution in [0.25, 0.3) is 11.0 Å². The molecule has 1 saturated carbocycles. The Morgan fingerprint density at radius 1 is 1.47 bits per heavy atom. The minimum atomic E-state index is 0.668. The largest absolute Gasteiger partial charge is 0.244 e. The van der Waals surface area contributed by atoms with E-state index in [-0.39, 0.29) is 0 Å². The lowest BCUT2D eigenvalue weighted by Crippen LogP contribution is -2.01. The Kier molecular flexibility index (Phi) is 1.72. The van der Waals surface area contributed by atoms with Gasteiger partial charge in [0, 0.05) is 6.54 Å². The topological polar surface area (TPSA) is 54.5 Å². The van der Waals surface area contributed by atoms with Crippen molar-refractivity contribution in [3.05, 3.63) is 23.8 Å². The first-order valence-electron chi connectivity index (χ1n) is 5.10. The highest BCUT2D eigenvalue weighted by atomic mass is 15.4. The summed E-state index contributed by atoms with van der Waals surface area (Å²) >= 11 is 0. The maximum absolute atomic E-state index is 8.82. The molecule has 1 aromatic carbocycles. The van der Waals surface area contributed by atoms with Gasteiger partial charge in [-0.25, -0.2) is 4.68 Å². The molecule has 74 valence electrons. The van der Waals surface area contributed by atoms with Crippen LogP contribution in [0.2, 0.25) is 0 Å². The van der Waals surface area contributed by atoms with Gasteiger partial charge in [0.2, 0.25) is 0 Å². The summed E-state index contributed by atoms with van der Waals surface area (Å²) < 4.78 is 1.91. The van der Waals surface area contributed by atoms with E-state index in [0.717, 1.165) is 23.5 Å². The van der Waals surface area contributed by atoms with E-state index in [4.69, 9.17) is 5.26 Å². The molecule has 1 aliphatic rings. The normalized spacial score (nSPS) is 15.4. The molecule has 1 heterocycles.